The summed E-state index contributed by atoms with van der Waals surface area (Å²) < 4.78 is 38.6. The summed E-state index contributed by atoms with van der Waals surface area (Å²) in [5.41, 5.74) is -0.278. The minimum Gasteiger partial charge on any atom is -0.481 e. The number of alkyl halides is 3. The number of piperidine rings is 1. The predicted molar refractivity (Wildman–Crippen MR) is 81.7 cm³/mol. The first-order chi connectivity index (χ1) is 11.2. The highest BCUT2D eigenvalue weighted by Gasteiger charge is 2.32. The van der Waals surface area contributed by atoms with E-state index in [1.807, 2.05) is 0 Å². The van der Waals surface area contributed by atoms with Gasteiger partial charge in [-0.25, -0.2) is 0 Å². The van der Waals surface area contributed by atoms with Crippen LogP contribution < -0.4 is 0 Å². The number of carboxylic acids is 1. The number of carbonyl (C=O) groups excluding carboxylic acids is 1. The van der Waals surface area contributed by atoms with Gasteiger partial charge in [0.2, 0.25) is 0 Å². The van der Waals surface area contributed by atoms with Gasteiger partial charge in [0.15, 0.2) is 0 Å². The van der Waals surface area contributed by atoms with Gasteiger partial charge in [-0.1, -0.05) is 6.07 Å². The standard InChI is InChI=1S/C17H20F3NO3/c1-11-4-6-13(17(18,19)20)9-14(11)16(24)21-8-2-3-12(10-21)5-7-15(22)23/h4,6,9,12H,2-3,5,7-8,10H2,1H3,(H,22,23)/t12-/m1/s1. The van der Waals surface area contributed by atoms with Gasteiger partial charge in [-0.15, -0.1) is 0 Å². The van der Waals surface area contributed by atoms with Crippen LogP contribution in [0.5, 0.6) is 0 Å². The average Bonchev–Trinajstić information content (AvgIpc) is 2.52. The van der Waals surface area contributed by atoms with Crippen molar-refractivity contribution in [3.63, 3.8) is 0 Å². The molecule has 1 fully saturated rings. The van der Waals surface area contributed by atoms with Gasteiger partial charge in [0.25, 0.3) is 5.91 Å². The van der Waals surface area contributed by atoms with Crippen LogP contribution in [0.1, 0.15) is 47.2 Å². The molecule has 0 radical (unpaired) electrons. The minimum absolute atomic E-state index is 0.0370. The molecule has 2 rings (SSSR count). The van der Waals surface area contributed by atoms with E-state index in [0.717, 1.165) is 25.0 Å². The van der Waals surface area contributed by atoms with Gasteiger partial charge in [-0.05, 0) is 49.8 Å². The van der Waals surface area contributed by atoms with Crippen LogP contribution in [0.15, 0.2) is 18.2 Å². The Kier molecular flexibility index (Phi) is 5.51. The smallest absolute Gasteiger partial charge is 0.416 e. The molecule has 1 heterocycles. The number of benzene rings is 1. The Morgan fingerprint density at radius 3 is 2.67 bits per heavy atom. The molecule has 0 spiro atoms. The fraction of sp³-hybridized carbons (Fsp3) is 0.529. The third-order valence-corrected chi connectivity index (χ3v) is 4.37. The Morgan fingerprint density at radius 1 is 1.33 bits per heavy atom. The Hall–Kier alpha value is -2.05. The zero-order chi connectivity index (χ0) is 17.9. The molecule has 0 aromatic heterocycles. The van der Waals surface area contributed by atoms with Gasteiger partial charge >= 0.3 is 12.1 Å². The normalized spacial score (nSPS) is 18.5. The summed E-state index contributed by atoms with van der Waals surface area (Å²) in [6.45, 7) is 2.49. The third kappa shape index (κ3) is 4.49. The monoisotopic (exact) mass is 343 g/mol. The average molecular weight is 343 g/mol. The molecule has 132 valence electrons. The molecule has 1 saturated heterocycles. The summed E-state index contributed by atoms with van der Waals surface area (Å²) in [6, 6.07) is 3.18. The largest absolute Gasteiger partial charge is 0.481 e. The summed E-state index contributed by atoms with van der Waals surface area (Å²) in [6.07, 6.45) is -2.42. The fourth-order valence-corrected chi connectivity index (χ4v) is 3.01. The second-order valence-electron chi connectivity index (χ2n) is 6.22. The van der Waals surface area contributed by atoms with Crippen LogP contribution in [0.3, 0.4) is 0 Å². The molecule has 1 atom stereocenters. The number of carboxylic acid groups (broad SMARTS) is 1. The molecule has 0 bridgehead atoms. The van der Waals surface area contributed by atoms with Crippen LogP contribution >= 0.6 is 0 Å². The van der Waals surface area contributed by atoms with Crippen molar-refractivity contribution in [3.05, 3.63) is 34.9 Å². The first-order valence-corrected chi connectivity index (χ1v) is 7.87. The SMILES string of the molecule is Cc1ccc(C(F)(F)F)cc1C(=O)N1CCC[C@H](CCC(=O)O)C1. The van der Waals surface area contributed by atoms with Crippen molar-refractivity contribution in [1.29, 1.82) is 0 Å². The van der Waals surface area contributed by atoms with E-state index < -0.39 is 23.6 Å². The Balaban J connectivity index is 2.14. The highest BCUT2D eigenvalue weighted by atomic mass is 19.4. The summed E-state index contributed by atoms with van der Waals surface area (Å²) in [5, 5.41) is 8.75. The Labute approximate surface area is 138 Å². The maximum Gasteiger partial charge on any atom is 0.416 e. The molecule has 1 aromatic rings. The maximum atomic E-state index is 12.9. The van der Waals surface area contributed by atoms with Gasteiger partial charge < -0.3 is 10.0 Å². The van der Waals surface area contributed by atoms with E-state index in [2.05, 4.69) is 0 Å². The van der Waals surface area contributed by atoms with E-state index in [9.17, 15) is 22.8 Å². The lowest BCUT2D eigenvalue weighted by molar-refractivity contribution is -0.138. The molecule has 24 heavy (non-hydrogen) atoms. The number of hydrogen-bond donors (Lipinski definition) is 1. The predicted octanol–water partition coefficient (Wildman–Crippen LogP) is 3.73. The molecule has 0 saturated carbocycles. The lowest BCUT2D eigenvalue weighted by atomic mass is 9.92. The van der Waals surface area contributed by atoms with Crippen molar-refractivity contribution in [2.75, 3.05) is 13.1 Å². The maximum absolute atomic E-state index is 12.9. The van der Waals surface area contributed by atoms with Crippen molar-refractivity contribution in [2.24, 2.45) is 5.92 Å². The van der Waals surface area contributed by atoms with Gasteiger partial charge in [0.1, 0.15) is 0 Å². The van der Waals surface area contributed by atoms with E-state index >= 15 is 0 Å². The molecular weight excluding hydrogens is 323 g/mol. The number of aryl methyl sites for hydroxylation is 1. The summed E-state index contributed by atoms with van der Waals surface area (Å²) >= 11 is 0. The van der Waals surface area contributed by atoms with Gasteiger partial charge in [0.05, 0.1) is 5.56 Å². The van der Waals surface area contributed by atoms with Crippen molar-refractivity contribution in [2.45, 2.75) is 38.8 Å². The number of nitrogens with zero attached hydrogens (tertiary/aromatic N) is 1. The first kappa shape index (κ1) is 18.3. The number of aliphatic carboxylic acids is 1. The second kappa shape index (κ2) is 7.23. The van der Waals surface area contributed by atoms with Crippen LogP contribution in [0.4, 0.5) is 13.2 Å². The van der Waals surface area contributed by atoms with Crippen molar-refractivity contribution >= 4 is 11.9 Å². The van der Waals surface area contributed by atoms with Crippen molar-refractivity contribution < 1.29 is 27.9 Å². The zero-order valence-corrected chi connectivity index (χ0v) is 13.4. The van der Waals surface area contributed by atoms with E-state index in [4.69, 9.17) is 5.11 Å². The molecule has 1 aliphatic heterocycles. The highest BCUT2D eigenvalue weighted by Crippen LogP contribution is 2.31. The number of likely N-dealkylation sites (tertiary alicyclic amines) is 1. The molecule has 0 aliphatic carbocycles. The van der Waals surface area contributed by atoms with Crippen LogP contribution in [0.25, 0.3) is 0 Å². The van der Waals surface area contributed by atoms with Crippen molar-refractivity contribution in [1.82, 2.24) is 4.90 Å². The summed E-state index contributed by atoms with van der Waals surface area (Å²) in [7, 11) is 0. The molecule has 0 unspecified atom stereocenters. The number of hydrogen-bond acceptors (Lipinski definition) is 2. The van der Waals surface area contributed by atoms with Gasteiger partial charge in [-0.3, -0.25) is 9.59 Å². The molecule has 7 heteroatoms. The van der Waals surface area contributed by atoms with Crippen LogP contribution in [-0.2, 0) is 11.0 Å². The molecule has 1 aromatic carbocycles. The van der Waals surface area contributed by atoms with Crippen LogP contribution in [0.2, 0.25) is 0 Å². The van der Waals surface area contributed by atoms with E-state index in [1.54, 1.807) is 11.8 Å². The number of rotatable bonds is 4. The minimum atomic E-state index is -4.49. The molecule has 1 aliphatic rings. The topological polar surface area (TPSA) is 57.6 Å². The first-order valence-electron chi connectivity index (χ1n) is 7.87. The lowest BCUT2D eigenvalue weighted by Gasteiger charge is -2.33. The van der Waals surface area contributed by atoms with Crippen LogP contribution in [-0.4, -0.2) is 35.0 Å². The molecule has 1 amide bonds. The van der Waals surface area contributed by atoms with Crippen LogP contribution in [0, 0.1) is 12.8 Å². The number of halogens is 3. The van der Waals surface area contributed by atoms with Gasteiger partial charge in [-0.2, -0.15) is 13.2 Å². The van der Waals surface area contributed by atoms with E-state index in [-0.39, 0.29) is 17.9 Å². The quantitative estimate of drug-likeness (QED) is 0.906. The fourth-order valence-electron chi connectivity index (χ4n) is 3.01. The Morgan fingerprint density at radius 2 is 2.04 bits per heavy atom. The Bertz CT molecular complexity index is 628. The van der Waals surface area contributed by atoms with E-state index in [0.29, 0.717) is 25.1 Å². The summed E-state index contributed by atoms with van der Waals surface area (Å²) in [5.74, 6) is -1.23. The molecular formula is C17H20F3NO3. The van der Waals surface area contributed by atoms with Crippen molar-refractivity contribution in [3.8, 4) is 0 Å². The van der Waals surface area contributed by atoms with E-state index in [1.165, 1.54) is 6.07 Å². The number of carbonyl (C=O) groups is 2. The zero-order valence-electron chi connectivity index (χ0n) is 13.4. The third-order valence-electron chi connectivity index (χ3n) is 4.37. The lowest BCUT2D eigenvalue weighted by Crippen LogP contribution is -2.40. The number of amides is 1. The highest BCUT2D eigenvalue weighted by molar-refractivity contribution is 5.96. The summed E-state index contributed by atoms with van der Waals surface area (Å²) in [4.78, 5) is 24.8. The second-order valence-corrected chi connectivity index (χ2v) is 6.22. The molecule has 4 nitrogen and oxygen atoms in total. The van der Waals surface area contributed by atoms with Gasteiger partial charge in [0, 0.05) is 25.1 Å². The molecule has 1 N–H and O–H groups in total.